The van der Waals surface area contributed by atoms with Crippen molar-refractivity contribution in [3.05, 3.63) is 29.8 Å². The molecule has 2 N–H and O–H groups in total. The van der Waals surface area contributed by atoms with Crippen molar-refractivity contribution in [2.75, 3.05) is 17.8 Å². The monoisotopic (exact) mass is 270 g/mol. The molecule has 0 amide bonds. The van der Waals surface area contributed by atoms with Crippen LogP contribution in [0.25, 0.3) is 0 Å². The van der Waals surface area contributed by atoms with Crippen LogP contribution >= 0.6 is 0 Å². The summed E-state index contributed by atoms with van der Waals surface area (Å²) in [7, 11) is -3.43. The number of anilines is 1. The van der Waals surface area contributed by atoms with Crippen molar-refractivity contribution in [2.45, 2.75) is 25.9 Å². The molecule has 1 fully saturated rings. The van der Waals surface area contributed by atoms with E-state index < -0.39 is 16.3 Å². The molecule has 2 rings (SSSR count). The van der Waals surface area contributed by atoms with Crippen molar-refractivity contribution in [1.82, 2.24) is 4.31 Å². The number of hydrogen-bond donors (Lipinski definition) is 2. The van der Waals surface area contributed by atoms with E-state index in [9.17, 15) is 13.5 Å². The second-order valence-electron chi connectivity index (χ2n) is 4.51. The van der Waals surface area contributed by atoms with Crippen LogP contribution in [-0.2, 0) is 10.2 Å². The summed E-state index contributed by atoms with van der Waals surface area (Å²) in [5, 5.41) is 9.37. The van der Waals surface area contributed by atoms with Crippen LogP contribution in [0.3, 0.4) is 0 Å². The van der Waals surface area contributed by atoms with Gasteiger partial charge in [0.15, 0.2) is 0 Å². The van der Waals surface area contributed by atoms with Crippen molar-refractivity contribution in [2.24, 2.45) is 0 Å². The molecule has 0 saturated carbocycles. The van der Waals surface area contributed by atoms with E-state index in [4.69, 9.17) is 0 Å². The van der Waals surface area contributed by atoms with E-state index in [0.29, 0.717) is 18.8 Å². The molecule has 0 aliphatic carbocycles. The molecule has 18 heavy (non-hydrogen) atoms. The van der Waals surface area contributed by atoms with Gasteiger partial charge < -0.3 is 5.11 Å². The smallest absolute Gasteiger partial charge is 0.301 e. The molecule has 5 nitrogen and oxygen atoms in total. The standard InChI is InChI=1S/C12H18N2O3S/c1-10(15)11-4-6-12(7-5-11)13-18(16,17)14-8-2-3-9-14/h4-7,10,13,15H,2-3,8-9H2,1H3. The summed E-state index contributed by atoms with van der Waals surface area (Å²) >= 11 is 0. The molecule has 1 aliphatic rings. The first-order chi connectivity index (χ1) is 8.49. The van der Waals surface area contributed by atoms with Gasteiger partial charge in [-0.2, -0.15) is 12.7 Å². The van der Waals surface area contributed by atoms with Crippen molar-refractivity contribution in [1.29, 1.82) is 0 Å². The summed E-state index contributed by atoms with van der Waals surface area (Å²) in [6.45, 7) is 2.84. The highest BCUT2D eigenvalue weighted by Crippen LogP contribution is 2.19. The number of benzene rings is 1. The summed E-state index contributed by atoms with van der Waals surface area (Å²) in [6, 6.07) is 6.75. The highest BCUT2D eigenvalue weighted by Gasteiger charge is 2.24. The van der Waals surface area contributed by atoms with Crippen LogP contribution in [0.1, 0.15) is 31.4 Å². The summed E-state index contributed by atoms with van der Waals surface area (Å²) in [5.74, 6) is 0. The molecule has 1 aromatic carbocycles. The Balaban J connectivity index is 2.09. The predicted octanol–water partition coefficient (Wildman–Crippen LogP) is 1.49. The molecule has 1 aromatic rings. The van der Waals surface area contributed by atoms with Crippen LogP contribution in [0.15, 0.2) is 24.3 Å². The van der Waals surface area contributed by atoms with Gasteiger partial charge >= 0.3 is 10.2 Å². The Kier molecular flexibility index (Phi) is 3.89. The van der Waals surface area contributed by atoms with Crippen LogP contribution in [0, 0.1) is 0 Å². The number of nitrogens with zero attached hydrogens (tertiary/aromatic N) is 1. The number of hydrogen-bond acceptors (Lipinski definition) is 3. The van der Waals surface area contributed by atoms with Gasteiger partial charge in [-0.1, -0.05) is 12.1 Å². The van der Waals surface area contributed by atoms with Gasteiger partial charge in [0.05, 0.1) is 6.10 Å². The lowest BCUT2D eigenvalue weighted by Crippen LogP contribution is -2.33. The van der Waals surface area contributed by atoms with Crippen LogP contribution in [0.2, 0.25) is 0 Å². The van der Waals surface area contributed by atoms with Crippen molar-refractivity contribution < 1.29 is 13.5 Å². The van der Waals surface area contributed by atoms with E-state index >= 15 is 0 Å². The topological polar surface area (TPSA) is 69.6 Å². The summed E-state index contributed by atoms with van der Waals surface area (Å²) < 4.78 is 28.0. The number of rotatable bonds is 4. The Morgan fingerprint density at radius 1 is 1.22 bits per heavy atom. The second kappa shape index (κ2) is 5.26. The van der Waals surface area contributed by atoms with E-state index in [2.05, 4.69) is 4.72 Å². The molecule has 0 bridgehead atoms. The highest BCUT2D eigenvalue weighted by atomic mass is 32.2. The predicted molar refractivity (Wildman–Crippen MR) is 70.4 cm³/mol. The van der Waals surface area contributed by atoms with Gasteiger partial charge in [0.2, 0.25) is 0 Å². The maximum Gasteiger partial charge on any atom is 0.301 e. The molecule has 1 unspecified atom stereocenters. The third kappa shape index (κ3) is 3.01. The molecule has 1 aliphatic heterocycles. The first-order valence-electron chi connectivity index (χ1n) is 6.05. The molecular formula is C12H18N2O3S. The maximum atomic E-state index is 12.0. The molecule has 0 radical (unpaired) electrons. The van der Waals surface area contributed by atoms with E-state index in [-0.39, 0.29) is 0 Å². The minimum absolute atomic E-state index is 0.520. The largest absolute Gasteiger partial charge is 0.389 e. The Morgan fingerprint density at radius 2 is 1.78 bits per heavy atom. The quantitative estimate of drug-likeness (QED) is 0.871. The maximum absolute atomic E-state index is 12.0. The van der Waals surface area contributed by atoms with Crippen LogP contribution in [0.5, 0.6) is 0 Å². The van der Waals surface area contributed by atoms with Gasteiger partial charge in [0.25, 0.3) is 0 Å². The van der Waals surface area contributed by atoms with Gasteiger partial charge in [-0.25, -0.2) is 0 Å². The van der Waals surface area contributed by atoms with Crippen LogP contribution in [-0.4, -0.2) is 30.9 Å². The molecule has 1 saturated heterocycles. The highest BCUT2D eigenvalue weighted by molar-refractivity contribution is 7.90. The third-order valence-corrected chi connectivity index (χ3v) is 4.58. The van der Waals surface area contributed by atoms with Crippen molar-refractivity contribution in [3.63, 3.8) is 0 Å². The SMILES string of the molecule is CC(O)c1ccc(NS(=O)(=O)N2CCCC2)cc1. The lowest BCUT2D eigenvalue weighted by molar-refractivity contribution is 0.199. The van der Waals surface area contributed by atoms with Gasteiger partial charge in [-0.15, -0.1) is 0 Å². The van der Waals surface area contributed by atoms with Gasteiger partial charge in [-0.05, 0) is 37.5 Å². The molecular weight excluding hydrogens is 252 g/mol. The van der Waals surface area contributed by atoms with Gasteiger partial charge in [0, 0.05) is 18.8 Å². The van der Waals surface area contributed by atoms with E-state index in [1.165, 1.54) is 4.31 Å². The number of nitrogens with one attached hydrogen (secondary N) is 1. The van der Waals surface area contributed by atoms with Gasteiger partial charge in [0.1, 0.15) is 0 Å². The zero-order chi connectivity index (χ0) is 13.2. The lowest BCUT2D eigenvalue weighted by atomic mass is 10.1. The minimum Gasteiger partial charge on any atom is -0.389 e. The summed E-state index contributed by atoms with van der Waals surface area (Å²) in [5.41, 5.74) is 1.28. The Hall–Kier alpha value is -1.11. The van der Waals surface area contributed by atoms with Crippen molar-refractivity contribution >= 4 is 15.9 Å². The normalized spacial score (nSPS) is 18.8. The first-order valence-corrected chi connectivity index (χ1v) is 7.49. The van der Waals surface area contributed by atoms with E-state index in [1.54, 1.807) is 31.2 Å². The Morgan fingerprint density at radius 3 is 2.28 bits per heavy atom. The fourth-order valence-corrected chi connectivity index (χ4v) is 3.27. The average molecular weight is 270 g/mol. The molecule has 0 aromatic heterocycles. The average Bonchev–Trinajstić information content (AvgIpc) is 2.83. The zero-order valence-electron chi connectivity index (χ0n) is 10.3. The molecule has 6 heteroatoms. The number of aliphatic hydroxyl groups is 1. The Labute approximate surface area is 108 Å². The first kappa shape index (κ1) is 13.3. The fourth-order valence-electron chi connectivity index (χ4n) is 1.97. The van der Waals surface area contributed by atoms with Gasteiger partial charge in [-0.3, -0.25) is 4.72 Å². The second-order valence-corrected chi connectivity index (χ2v) is 6.18. The molecule has 1 atom stereocenters. The molecule has 100 valence electrons. The summed E-state index contributed by atoms with van der Waals surface area (Å²) in [6.07, 6.45) is 1.29. The minimum atomic E-state index is -3.43. The van der Waals surface area contributed by atoms with E-state index in [0.717, 1.165) is 18.4 Å². The number of aliphatic hydroxyl groups excluding tert-OH is 1. The van der Waals surface area contributed by atoms with E-state index in [1.807, 2.05) is 0 Å². The fraction of sp³-hybridized carbons (Fsp3) is 0.500. The van der Waals surface area contributed by atoms with Crippen LogP contribution in [0.4, 0.5) is 5.69 Å². The Bertz CT molecular complexity index is 491. The lowest BCUT2D eigenvalue weighted by Gasteiger charge is -2.17. The third-order valence-electron chi connectivity index (χ3n) is 3.04. The zero-order valence-corrected chi connectivity index (χ0v) is 11.2. The molecule has 0 spiro atoms. The molecule has 1 heterocycles. The van der Waals surface area contributed by atoms with Crippen molar-refractivity contribution in [3.8, 4) is 0 Å². The summed E-state index contributed by atoms with van der Waals surface area (Å²) in [4.78, 5) is 0. The van der Waals surface area contributed by atoms with Crippen LogP contribution < -0.4 is 4.72 Å².